The summed E-state index contributed by atoms with van der Waals surface area (Å²) in [5.74, 6) is -1.15. The summed E-state index contributed by atoms with van der Waals surface area (Å²) < 4.78 is 39.5. The quantitative estimate of drug-likeness (QED) is 0.914. The highest BCUT2D eigenvalue weighted by atomic mass is 19.4. The molecule has 1 N–H and O–H groups in total. The summed E-state index contributed by atoms with van der Waals surface area (Å²) in [4.78, 5) is 14.4. The van der Waals surface area contributed by atoms with Gasteiger partial charge in [-0.1, -0.05) is 6.08 Å². The standard InChI is InChI=1S/C13H12F3NO2/c14-13(15,16)12(5-6-12)10(1-2-11(18)19)9-3-7-17-8-4-9/h1,3-4,7-8H,2,5-6H2,(H,18,19)/b10-1-. The summed E-state index contributed by atoms with van der Waals surface area (Å²) in [6.07, 6.45) is -0.810. The number of pyridine rings is 1. The van der Waals surface area contributed by atoms with Gasteiger partial charge in [0.15, 0.2) is 0 Å². The third-order valence-electron chi connectivity index (χ3n) is 3.28. The predicted molar refractivity (Wildman–Crippen MR) is 62.2 cm³/mol. The molecule has 1 aliphatic rings. The molecule has 0 spiro atoms. The van der Waals surface area contributed by atoms with Gasteiger partial charge in [-0.15, -0.1) is 0 Å². The molecule has 3 nitrogen and oxygen atoms in total. The van der Waals surface area contributed by atoms with Gasteiger partial charge in [0.1, 0.15) is 0 Å². The number of aromatic nitrogens is 1. The van der Waals surface area contributed by atoms with Gasteiger partial charge in [-0.3, -0.25) is 9.78 Å². The van der Waals surface area contributed by atoms with E-state index in [4.69, 9.17) is 5.11 Å². The minimum Gasteiger partial charge on any atom is -0.481 e. The summed E-state index contributed by atoms with van der Waals surface area (Å²) in [5, 5.41) is 8.66. The molecular weight excluding hydrogens is 259 g/mol. The van der Waals surface area contributed by atoms with Gasteiger partial charge < -0.3 is 5.11 Å². The molecule has 2 rings (SSSR count). The number of halogens is 3. The Bertz CT molecular complexity index is 504. The van der Waals surface area contributed by atoms with Crippen LogP contribution in [-0.2, 0) is 4.79 Å². The molecule has 0 aromatic carbocycles. The van der Waals surface area contributed by atoms with Gasteiger partial charge >= 0.3 is 12.1 Å². The molecule has 0 amide bonds. The molecule has 1 fully saturated rings. The molecule has 1 aliphatic carbocycles. The molecule has 0 atom stereocenters. The predicted octanol–water partition coefficient (Wildman–Crippen LogP) is 3.28. The van der Waals surface area contributed by atoms with Crippen LogP contribution in [0.3, 0.4) is 0 Å². The zero-order valence-electron chi connectivity index (χ0n) is 9.94. The van der Waals surface area contributed by atoms with Crippen molar-refractivity contribution in [3.8, 4) is 0 Å². The Labute approximate surface area is 107 Å². The molecule has 0 radical (unpaired) electrons. The second-order valence-electron chi connectivity index (χ2n) is 4.53. The second-order valence-corrected chi connectivity index (χ2v) is 4.53. The maximum absolute atomic E-state index is 13.2. The number of carboxylic acids is 1. The molecule has 1 aromatic rings. The number of allylic oxidation sites excluding steroid dienone is 1. The SMILES string of the molecule is O=C(O)C/C=C(/c1ccncc1)C1(C(F)(F)F)CC1. The number of hydrogen-bond donors (Lipinski definition) is 1. The Morgan fingerprint density at radius 2 is 1.95 bits per heavy atom. The van der Waals surface area contributed by atoms with Gasteiger partial charge in [-0.2, -0.15) is 13.2 Å². The molecule has 1 aromatic heterocycles. The molecular formula is C13H12F3NO2. The highest BCUT2D eigenvalue weighted by Crippen LogP contribution is 2.64. The van der Waals surface area contributed by atoms with E-state index >= 15 is 0 Å². The van der Waals surface area contributed by atoms with E-state index in [0.29, 0.717) is 5.56 Å². The fourth-order valence-electron chi connectivity index (χ4n) is 2.14. The number of aliphatic carboxylic acids is 1. The van der Waals surface area contributed by atoms with Crippen molar-refractivity contribution >= 4 is 11.5 Å². The number of hydrogen-bond acceptors (Lipinski definition) is 2. The molecule has 0 bridgehead atoms. The van der Waals surface area contributed by atoms with E-state index in [-0.39, 0.29) is 18.4 Å². The zero-order valence-corrected chi connectivity index (χ0v) is 9.94. The van der Waals surface area contributed by atoms with Crippen LogP contribution in [-0.4, -0.2) is 22.2 Å². The minimum atomic E-state index is -4.36. The highest BCUT2D eigenvalue weighted by molar-refractivity contribution is 5.78. The van der Waals surface area contributed by atoms with Crippen molar-refractivity contribution in [2.75, 3.05) is 0 Å². The first-order valence-corrected chi connectivity index (χ1v) is 5.76. The van der Waals surface area contributed by atoms with E-state index in [2.05, 4.69) is 4.98 Å². The molecule has 0 unspecified atom stereocenters. The Hall–Kier alpha value is -1.85. The molecule has 102 valence electrons. The largest absolute Gasteiger partial charge is 0.481 e. The normalized spacial score (nSPS) is 18.2. The van der Waals surface area contributed by atoms with Crippen molar-refractivity contribution in [2.45, 2.75) is 25.4 Å². The Kier molecular flexibility index (Phi) is 3.34. The maximum atomic E-state index is 13.2. The molecule has 1 saturated carbocycles. The molecule has 1 heterocycles. The van der Waals surface area contributed by atoms with Crippen LogP contribution < -0.4 is 0 Å². The van der Waals surface area contributed by atoms with E-state index < -0.39 is 24.0 Å². The lowest BCUT2D eigenvalue weighted by atomic mass is 9.88. The first-order chi connectivity index (χ1) is 8.87. The summed E-state index contributed by atoms with van der Waals surface area (Å²) in [7, 11) is 0. The lowest BCUT2D eigenvalue weighted by Gasteiger charge is -2.23. The minimum absolute atomic E-state index is 0.00424. The summed E-state index contributed by atoms with van der Waals surface area (Å²) in [6.45, 7) is 0. The molecule has 19 heavy (non-hydrogen) atoms. The third-order valence-corrected chi connectivity index (χ3v) is 3.28. The Morgan fingerprint density at radius 1 is 1.37 bits per heavy atom. The van der Waals surface area contributed by atoms with Crippen LogP contribution in [0.25, 0.3) is 5.57 Å². The Morgan fingerprint density at radius 3 is 2.37 bits per heavy atom. The van der Waals surface area contributed by atoms with Crippen molar-refractivity contribution in [2.24, 2.45) is 5.41 Å². The van der Waals surface area contributed by atoms with Crippen molar-refractivity contribution in [3.05, 3.63) is 36.2 Å². The maximum Gasteiger partial charge on any atom is 0.398 e. The fourth-order valence-corrected chi connectivity index (χ4v) is 2.14. The first-order valence-electron chi connectivity index (χ1n) is 5.76. The van der Waals surface area contributed by atoms with Gasteiger partial charge in [0.05, 0.1) is 11.8 Å². The van der Waals surface area contributed by atoms with Crippen molar-refractivity contribution in [1.29, 1.82) is 0 Å². The highest BCUT2D eigenvalue weighted by Gasteiger charge is 2.65. The average Bonchev–Trinajstić information content (AvgIpc) is 3.11. The summed E-state index contributed by atoms with van der Waals surface area (Å²) >= 11 is 0. The third kappa shape index (κ3) is 2.62. The van der Waals surface area contributed by atoms with Gasteiger partial charge in [0.25, 0.3) is 0 Å². The van der Waals surface area contributed by atoms with Gasteiger partial charge in [0, 0.05) is 12.4 Å². The number of nitrogens with zero attached hydrogens (tertiary/aromatic N) is 1. The van der Waals surface area contributed by atoms with Crippen LogP contribution in [0.1, 0.15) is 24.8 Å². The van der Waals surface area contributed by atoms with Crippen LogP contribution >= 0.6 is 0 Å². The van der Waals surface area contributed by atoms with Crippen molar-refractivity contribution in [3.63, 3.8) is 0 Å². The molecule has 0 aliphatic heterocycles. The topological polar surface area (TPSA) is 50.2 Å². The number of rotatable bonds is 4. The second kappa shape index (κ2) is 4.68. The van der Waals surface area contributed by atoms with E-state index in [1.807, 2.05) is 0 Å². The molecule has 0 saturated heterocycles. The lowest BCUT2D eigenvalue weighted by molar-refractivity contribution is -0.168. The zero-order chi connectivity index (χ0) is 14.1. The fraction of sp³-hybridized carbons (Fsp3) is 0.385. The van der Waals surface area contributed by atoms with E-state index in [0.717, 1.165) is 6.08 Å². The van der Waals surface area contributed by atoms with Crippen molar-refractivity contribution < 1.29 is 23.1 Å². The summed E-state index contributed by atoms with van der Waals surface area (Å²) in [5.41, 5.74) is -1.46. The summed E-state index contributed by atoms with van der Waals surface area (Å²) in [6, 6.07) is 2.94. The van der Waals surface area contributed by atoms with Crippen LogP contribution in [0, 0.1) is 5.41 Å². The Balaban J connectivity index is 2.42. The first kappa shape index (κ1) is 13.6. The smallest absolute Gasteiger partial charge is 0.398 e. The van der Waals surface area contributed by atoms with E-state index in [1.54, 1.807) is 0 Å². The van der Waals surface area contributed by atoms with Crippen LogP contribution in [0.15, 0.2) is 30.6 Å². The number of alkyl halides is 3. The van der Waals surface area contributed by atoms with Gasteiger partial charge in [0.2, 0.25) is 0 Å². The number of carboxylic acid groups (broad SMARTS) is 1. The van der Waals surface area contributed by atoms with Gasteiger partial charge in [-0.25, -0.2) is 0 Å². The van der Waals surface area contributed by atoms with Crippen LogP contribution in [0.4, 0.5) is 13.2 Å². The lowest BCUT2D eigenvalue weighted by Crippen LogP contribution is -2.26. The van der Waals surface area contributed by atoms with E-state index in [9.17, 15) is 18.0 Å². The van der Waals surface area contributed by atoms with Crippen molar-refractivity contribution in [1.82, 2.24) is 4.98 Å². The van der Waals surface area contributed by atoms with E-state index in [1.165, 1.54) is 24.5 Å². The molecule has 6 heteroatoms. The average molecular weight is 271 g/mol. The van der Waals surface area contributed by atoms with Crippen LogP contribution in [0.5, 0.6) is 0 Å². The van der Waals surface area contributed by atoms with Crippen LogP contribution in [0.2, 0.25) is 0 Å². The van der Waals surface area contributed by atoms with Gasteiger partial charge in [-0.05, 0) is 36.1 Å². The number of carbonyl (C=O) groups is 1. The monoisotopic (exact) mass is 271 g/mol.